The molecular formula is C34H62N2O10Si2. The van der Waals surface area contributed by atoms with Crippen LogP contribution in [0.2, 0.25) is 12.1 Å². The first-order chi connectivity index (χ1) is 23.2. The number of aliphatic imine (C=N–C) groups is 1. The summed E-state index contributed by atoms with van der Waals surface area (Å²) in [5.74, 6) is 2.24. The van der Waals surface area contributed by atoms with Crippen molar-refractivity contribution in [3.63, 3.8) is 0 Å². The van der Waals surface area contributed by atoms with Gasteiger partial charge in [0.15, 0.2) is 0 Å². The van der Waals surface area contributed by atoms with Gasteiger partial charge < -0.3 is 41.7 Å². The van der Waals surface area contributed by atoms with Crippen molar-refractivity contribution in [2.45, 2.75) is 104 Å². The molecule has 4 aliphatic carbocycles. The monoisotopic (exact) mass is 714 g/mol. The lowest BCUT2D eigenvalue weighted by atomic mass is 10.1. The fourth-order valence-corrected chi connectivity index (χ4v) is 11.9. The summed E-state index contributed by atoms with van der Waals surface area (Å²) in [6, 6.07) is 1.38. The number of carbonyl (C=O) groups is 1. The van der Waals surface area contributed by atoms with Gasteiger partial charge in [-0.2, -0.15) is 0 Å². The van der Waals surface area contributed by atoms with E-state index in [2.05, 4.69) is 34.6 Å². The number of alkyl carbamates (subject to hydrolysis) is 1. The van der Waals surface area contributed by atoms with Crippen molar-refractivity contribution in [3.05, 3.63) is 24.3 Å². The zero-order valence-electron chi connectivity index (χ0n) is 30.2. The fraction of sp³-hybridized carbons (Fsp3) is 0.824. The van der Waals surface area contributed by atoms with Crippen LogP contribution < -0.4 is 5.32 Å². The number of ether oxygens (including phenoxy) is 1. The van der Waals surface area contributed by atoms with Crippen molar-refractivity contribution in [1.82, 2.24) is 5.32 Å². The molecule has 0 aromatic carbocycles. The van der Waals surface area contributed by atoms with E-state index in [1.54, 1.807) is 0 Å². The number of aliphatic hydroxyl groups excluding tert-OH is 1. The Labute approximate surface area is 290 Å². The predicted molar refractivity (Wildman–Crippen MR) is 188 cm³/mol. The van der Waals surface area contributed by atoms with Crippen molar-refractivity contribution in [2.75, 3.05) is 52.7 Å². The van der Waals surface area contributed by atoms with Gasteiger partial charge in [-0.1, -0.05) is 24.3 Å². The van der Waals surface area contributed by atoms with Gasteiger partial charge in [0.25, 0.3) is 0 Å². The van der Waals surface area contributed by atoms with E-state index in [4.69, 9.17) is 36.4 Å². The zero-order valence-corrected chi connectivity index (χ0v) is 32.2. The van der Waals surface area contributed by atoms with Crippen LogP contribution in [-0.4, -0.2) is 99.8 Å². The number of hydrogen-bond donors (Lipinski definition) is 2. The molecule has 0 saturated heterocycles. The number of amides is 1. The first-order valence-corrected chi connectivity index (χ1v) is 22.0. The summed E-state index contributed by atoms with van der Waals surface area (Å²) in [6.07, 6.45) is 15.8. The molecule has 2 N–H and O–H groups in total. The van der Waals surface area contributed by atoms with E-state index in [1.807, 2.05) is 41.5 Å². The molecule has 4 rings (SSSR count). The van der Waals surface area contributed by atoms with Gasteiger partial charge in [0, 0.05) is 70.1 Å². The summed E-state index contributed by atoms with van der Waals surface area (Å²) in [6.45, 7) is 16.0. The third kappa shape index (κ3) is 14.6. The van der Waals surface area contributed by atoms with Crippen LogP contribution in [-0.2, 0) is 36.1 Å². The van der Waals surface area contributed by atoms with Crippen LogP contribution in [0.5, 0.6) is 0 Å². The summed E-state index contributed by atoms with van der Waals surface area (Å²) in [7, 11) is -5.15. The van der Waals surface area contributed by atoms with Crippen LogP contribution in [0.25, 0.3) is 0 Å². The van der Waals surface area contributed by atoms with Gasteiger partial charge in [-0.25, -0.2) is 14.6 Å². The molecule has 48 heavy (non-hydrogen) atoms. The first-order valence-electron chi connectivity index (χ1n) is 18.1. The minimum Gasteiger partial charge on any atom is -0.446 e. The molecule has 1 amide bonds. The summed E-state index contributed by atoms with van der Waals surface area (Å²) in [5, 5.41) is 12.0. The number of isocyanates is 1. The lowest BCUT2D eigenvalue weighted by molar-refractivity contribution is 0.0695. The Morgan fingerprint density at radius 2 is 1.21 bits per heavy atom. The summed E-state index contributed by atoms with van der Waals surface area (Å²) < 4.78 is 39.9. The van der Waals surface area contributed by atoms with E-state index < -0.39 is 17.6 Å². The van der Waals surface area contributed by atoms with Crippen LogP contribution in [0.15, 0.2) is 29.3 Å². The van der Waals surface area contributed by atoms with Crippen molar-refractivity contribution in [3.8, 4) is 0 Å². The SMILES string of the molecule is CCO[Si](CCCN=C=O)(OCC)OCC.CCO[Si](CCCNC(=O)OC1CC2C=CC1C2)(OCC)OCC.OC1CC2C=CC1C2. The molecule has 276 valence electrons. The van der Waals surface area contributed by atoms with Crippen molar-refractivity contribution < 1.29 is 46.0 Å². The maximum Gasteiger partial charge on any atom is 0.500 e. The molecule has 0 radical (unpaired) electrons. The van der Waals surface area contributed by atoms with E-state index in [9.17, 15) is 9.59 Å². The molecule has 0 aromatic heterocycles. The van der Waals surface area contributed by atoms with Crippen molar-refractivity contribution in [1.29, 1.82) is 0 Å². The van der Waals surface area contributed by atoms with Gasteiger partial charge in [-0.15, -0.1) is 0 Å². The Balaban J connectivity index is 0.000000283. The summed E-state index contributed by atoms with van der Waals surface area (Å²) in [5.41, 5.74) is 0. The molecule has 4 aliphatic rings. The molecule has 14 heteroatoms. The third-order valence-corrected chi connectivity index (χ3v) is 15.0. The lowest BCUT2D eigenvalue weighted by Crippen LogP contribution is -2.46. The topological polar surface area (TPSA) is 143 Å². The van der Waals surface area contributed by atoms with Gasteiger partial charge in [-0.05, 0) is 91.9 Å². The van der Waals surface area contributed by atoms with Gasteiger partial charge in [-0.3, -0.25) is 0 Å². The maximum absolute atomic E-state index is 11.9. The van der Waals surface area contributed by atoms with Crippen LogP contribution in [0, 0.1) is 23.7 Å². The smallest absolute Gasteiger partial charge is 0.446 e. The van der Waals surface area contributed by atoms with Crippen LogP contribution in [0.4, 0.5) is 4.79 Å². The third-order valence-electron chi connectivity index (χ3n) is 8.65. The van der Waals surface area contributed by atoms with E-state index in [-0.39, 0.29) is 18.3 Å². The highest BCUT2D eigenvalue weighted by Crippen LogP contribution is 2.41. The molecule has 2 saturated carbocycles. The number of fused-ring (bicyclic) bond motifs is 4. The quantitative estimate of drug-likeness (QED) is 0.0491. The van der Waals surface area contributed by atoms with Gasteiger partial charge in [0.1, 0.15) is 6.10 Å². The van der Waals surface area contributed by atoms with Crippen LogP contribution >= 0.6 is 0 Å². The van der Waals surface area contributed by atoms with Crippen LogP contribution in [0.1, 0.15) is 80.1 Å². The van der Waals surface area contributed by atoms with Gasteiger partial charge >= 0.3 is 23.7 Å². The number of rotatable bonds is 21. The number of carbonyl (C=O) groups excluding carboxylic acids is 2. The van der Waals surface area contributed by atoms with E-state index in [0.717, 1.165) is 38.0 Å². The largest absolute Gasteiger partial charge is 0.500 e. The summed E-state index contributed by atoms with van der Waals surface area (Å²) in [4.78, 5) is 25.4. The molecular weight excluding hydrogens is 653 g/mol. The molecule has 6 unspecified atom stereocenters. The van der Waals surface area contributed by atoms with Crippen molar-refractivity contribution in [2.24, 2.45) is 28.7 Å². The molecule has 6 atom stereocenters. The number of nitrogens with zero attached hydrogens (tertiary/aromatic N) is 1. The Hall–Kier alpha value is -1.72. The number of hydrogen-bond acceptors (Lipinski definition) is 11. The highest BCUT2D eigenvalue weighted by atomic mass is 28.4. The van der Waals surface area contributed by atoms with Gasteiger partial charge in [0.2, 0.25) is 6.08 Å². The molecule has 0 aromatic rings. The predicted octanol–water partition coefficient (Wildman–Crippen LogP) is 5.82. The second-order valence-corrected chi connectivity index (χ2v) is 17.6. The highest BCUT2D eigenvalue weighted by Gasteiger charge is 2.41. The number of allylic oxidation sites excluding steroid dienone is 2. The maximum atomic E-state index is 11.9. The Morgan fingerprint density at radius 1 is 0.729 bits per heavy atom. The second-order valence-electron chi connectivity index (χ2n) is 12.1. The zero-order chi connectivity index (χ0) is 35.3. The van der Waals surface area contributed by atoms with E-state index in [0.29, 0.717) is 82.6 Å². The molecule has 0 spiro atoms. The number of nitrogens with one attached hydrogen (secondary N) is 1. The average molecular weight is 715 g/mol. The minimum absolute atomic E-state index is 0.00926. The summed E-state index contributed by atoms with van der Waals surface area (Å²) >= 11 is 0. The molecule has 0 aliphatic heterocycles. The van der Waals surface area contributed by atoms with E-state index >= 15 is 0 Å². The number of aliphatic hydroxyl groups is 1. The fourth-order valence-electron chi connectivity index (χ4n) is 6.71. The van der Waals surface area contributed by atoms with E-state index in [1.165, 1.54) is 12.5 Å². The standard InChI is InChI=1S/C17H31NO5Si.C10H21NO4Si.C7H10O/c1-4-20-24(21-5-2,22-6-3)11-7-10-18-17(19)23-16-13-14-8-9-15(16)12-14;1-4-13-16(14-5-2,15-6-3)9-7-8-11-10-12;8-7-4-5-1-2-6(7)3-5/h8-9,14-16H,4-7,10-13H2,1-3H3,(H,18,19);4-9H2,1-3H3;1-2,5-8H,3-4H2. The Bertz CT molecular complexity index is 978. The Morgan fingerprint density at radius 3 is 1.56 bits per heavy atom. The normalized spacial score (nSPS) is 24.8. The molecule has 2 fully saturated rings. The average Bonchev–Trinajstić information content (AvgIpc) is 3.87. The van der Waals surface area contributed by atoms with Crippen LogP contribution in [0.3, 0.4) is 0 Å². The highest BCUT2D eigenvalue weighted by molar-refractivity contribution is 6.61. The second kappa shape index (κ2) is 23.6. The lowest BCUT2D eigenvalue weighted by Gasteiger charge is -2.28. The minimum atomic E-state index is -2.62. The molecule has 4 bridgehead atoms. The first kappa shape index (κ1) is 42.5. The Kier molecular flexibility index (Phi) is 20.9. The van der Waals surface area contributed by atoms with Gasteiger partial charge in [0.05, 0.1) is 12.6 Å². The molecule has 12 nitrogen and oxygen atoms in total. The van der Waals surface area contributed by atoms with Crippen molar-refractivity contribution >= 4 is 29.8 Å². The molecule has 0 heterocycles.